The number of ether oxygens (including phenoxy) is 1. The van der Waals surface area contributed by atoms with Crippen LogP contribution in [0.25, 0.3) is 10.2 Å². The van der Waals surface area contributed by atoms with E-state index in [9.17, 15) is 13.6 Å². The molecule has 0 saturated heterocycles. The third-order valence-electron chi connectivity index (χ3n) is 2.87. The van der Waals surface area contributed by atoms with Crippen molar-refractivity contribution in [1.29, 1.82) is 0 Å². The van der Waals surface area contributed by atoms with Gasteiger partial charge in [-0.15, -0.1) is 5.10 Å². The molecule has 0 aliphatic rings. The van der Waals surface area contributed by atoms with Crippen LogP contribution in [0.3, 0.4) is 0 Å². The van der Waals surface area contributed by atoms with Crippen molar-refractivity contribution in [3.63, 3.8) is 0 Å². The molecule has 3 rings (SSSR count). The van der Waals surface area contributed by atoms with Gasteiger partial charge < -0.3 is 4.74 Å². The zero-order valence-corrected chi connectivity index (χ0v) is 12.4. The summed E-state index contributed by atoms with van der Waals surface area (Å²) in [5.41, 5.74) is 0.232. The number of anilines is 1. The quantitative estimate of drug-likeness (QED) is 0.804. The van der Waals surface area contributed by atoms with Crippen LogP contribution in [-0.2, 0) is 7.05 Å². The second-order valence-electron chi connectivity index (χ2n) is 4.43. The predicted octanol–water partition coefficient (Wildman–Crippen LogP) is 2.57. The van der Waals surface area contributed by atoms with Gasteiger partial charge in [0, 0.05) is 19.3 Å². The molecule has 0 saturated carbocycles. The highest BCUT2D eigenvalue weighted by Crippen LogP contribution is 2.29. The molecule has 9 heteroatoms. The van der Waals surface area contributed by atoms with Crippen molar-refractivity contribution in [2.24, 2.45) is 7.05 Å². The SMILES string of the molecule is COc1nn(C)cc1C(=O)Nc1nc2c(F)cc(F)cc2s1. The number of aromatic nitrogens is 3. The first-order valence-corrected chi connectivity index (χ1v) is 6.94. The fourth-order valence-corrected chi connectivity index (χ4v) is 2.85. The first kappa shape index (κ1) is 14.4. The van der Waals surface area contributed by atoms with Crippen molar-refractivity contribution in [2.75, 3.05) is 12.4 Å². The van der Waals surface area contributed by atoms with Gasteiger partial charge in [-0.05, 0) is 6.07 Å². The van der Waals surface area contributed by atoms with Gasteiger partial charge in [-0.1, -0.05) is 11.3 Å². The van der Waals surface area contributed by atoms with Gasteiger partial charge in [0.15, 0.2) is 10.9 Å². The third kappa shape index (κ3) is 2.50. The van der Waals surface area contributed by atoms with E-state index in [1.807, 2.05) is 0 Å². The molecule has 1 N–H and O–H groups in total. The van der Waals surface area contributed by atoms with E-state index < -0.39 is 17.5 Å². The highest BCUT2D eigenvalue weighted by Gasteiger charge is 2.18. The smallest absolute Gasteiger partial charge is 0.264 e. The van der Waals surface area contributed by atoms with E-state index in [-0.39, 0.29) is 22.1 Å². The zero-order valence-electron chi connectivity index (χ0n) is 11.6. The van der Waals surface area contributed by atoms with Crippen LogP contribution in [0, 0.1) is 11.6 Å². The molecule has 1 amide bonds. The van der Waals surface area contributed by atoms with Crippen molar-refractivity contribution in [3.05, 3.63) is 35.5 Å². The summed E-state index contributed by atoms with van der Waals surface area (Å²) in [6, 6.07) is 1.91. The molecule has 1 aromatic carbocycles. The lowest BCUT2D eigenvalue weighted by molar-refractivity contribution is 0.102. The number of rotatable bonds is 3. The van der Waals surface area contributed by atoms with Gasteiger partial charge in [0.05, 0.1) is 11.8 Å². The normalized spacial score (nSPS) is 10.9. The molecule has 0 radical (unpaired) electrons. The molecule has 0 atom stereocenters. The molecule has 2 heterocycles. The van der Waals surface area contributed by atoms with Crippen LogP contribution in [0.4, 0.5) is 13.9 Å². The number of benzene rings is 1. The number of carbonyl (C=O) groups is 1. The Kier molecular flexibility index (Phi) is 3.49. The molecule has 2 aromatic heterocycles. The van der Waals surface area contributed by atoms with E-state index in [1.54, 1.807) is 7.05 Å². The maximum atomic E-state index is 13.6. The number of methoxy groups -OCH3 is 1. The minimum atomic E-state index is -0.772. The number of carbonyl (C=O) groups excluding carboxylic acids is 1. The van der Waals surface area contributed by atoms with E-state index in [1.165, 1.54) is 18.0 Å². The number of halogens is 2. The standard InChI is InChI=1S/C13H10F2N4O2S/c1-19-5-7(12(18-19)21-2)11(20)17-13-16-10-8(15)3-6(14)4-9(10)22-13/h3-5H,1-2H3,(H,16,17,20). The van der Waals surface area contributed by atoms with E-state index in [0.29, 0.717) is 4.70 Å². The first-order valence-electron chi connectivity index (χ1n) is 6.12. The van der Waals surface area contributed by atoms with Crippen LogP contribution < -0.4 is 10.1 Å². The maximum Gasteiger partial charge on any atom is 0.264 e. The van der Waals surface area contributed by atoms with Gasteiger partial charge >= 0.3 is 0 Å². The molecule has 3 aromatic rings. The second kappa shape index (κ2) is 5.34. The molecule has 0 fully saturated rings. The van der Waals surface area contributed by atoms with Crippen LogP contribution in [0.5, 0.6) is 5.88 Å². The number of amides is 1. The minimum Gasteiger partial charge on any atom is -0.479 e. The van der Waals surface area contributed by atoms with E-state index >= 15 is 0 Å². The highest BCUT2D eigenvalue weighted by atomic mass is 32.1. The van der Waals surface area contributed by atoms with Crippen LogP contribution in [-0.4, -0.2) is 27.8 Å². The fourth-order valence-electron chi connectivity index (χ4n) is 1.95. The number of hydrogen-bond acceptors (Lipinski definition) is 5. The Balaban J connectivity index is 1.92. The molecule has 22 heavy (non-hydrogen) atoms. The van der Waals surface area contributed by atoms with Crippen LogP contribution in [0.15, 0.2) is 18.3 Å². The van der Waals surface area contributed by atoms with Crippen LogP contribution in [0.1, 0.15) is 10.4 Å². The lowest BCUT2D eigenvalue weighted by Crippen LogP contribution is -2.12. The molecular formula is C13H10F2N4O2S. The van der Waals surface area contributed by atoms with Gasteiger partial charge in [-0.25, -0.2) is 13.8 Å². The molecule has 0 aliphatic carbocycles. The summed E-state index contributed by atoms with van der Waals surface area (Å²) in [7, 11) is 3.05. The van der Waals surface area contributed by atoms with Crippen molar-refractivity contribution in [2.45, 2.75) is 0 Å². The zero-order chi connectivity index (χ0) is 15.9. The average molecular weight is 324 g/mol. The van der Waals surface area contributed by atoms with Gasteiger partial charge in [0.25, 0.3) is 5.91 Å². The first-order chi connectivity index (χ1) is 10.5. The summed E-state index contributed by atoms with van der Waals surface area (Å²) < 4.78 is 33.5. The topological polar surface area (TPSA) is 69.0 Å². The molecule has 6 nitrogen and oxygen atoms in total. The Labute approximate surface area is 127 Å². The van der Waals surface area contributed by atoms with E-state index in [2.05, 4.69) is 15.4 Å². The Morgan fingerprint density at radius 2 is 2.18 bits per heavy atom. The van der Waals surface area contributed by atoms with Gasteiger partial charge in [0.1, 0.15) is 16.9 Å². The Bertz CT molecular complexity index is 874. The largest absolute Gasteiger partial charge is 0.479 e. The summed E-state index contributed by atoms with van der Waals surface area (Å²) in [6.07, 6.45) is 1.49. The van der Waals surface area contributed by atoms with Gasteiger partial charge in [-0.2, -0.15) is 0 Å². The summed E-state index contributed by atoms with van der Waals surface area (Å²) in [5.74, 6) is -1.80. The summed E-state index contributed by atoms with van der Waals surface area (Å²) >= 11 is 0.978. The van der Waals surface area contributed by atoms with Gasteiger partial charge in [-0.3, -0.25) is 14.8 Å². The number of aryl methyl sites for hydroxylation is 1. The van der Waals surface area contributed by atoms with Crippen LogP contribution in [0.2, 0.25) is 0 Å². The lowest BCUT2D eigenvalue weighted by Gasteiger charge is -2.00. The summed E-state index contributed by atoms with van der Waals surface area (Å²) in [4.78, 5) is 16.1. The van der Waals surface area contributed by atoms with Crippen LogP contribution >= 0.6 is 11.3 Å². The Morgan fingerprint density at radius 1 is 1.41 bits per heavy atom. The number of nitrogens with zero attached hydrogens (tertiary/aromatic N) is 3. The Hall–Kier alpha value is -2.55. The monoisotopic (exact) mass is 324 g/mol. The second-order valence-corrected chi connectivity index (χ2v) is 5.46. The van der Waals surface area contributed by atoms with E-state index in [4.69, 9.17) is 4.74 Å². The van der Waals surface area contributed by atoms with Crippen molar-refractivity contribution in [3.8, 4) is 5.88 Å². The number of fused-ring (bicyclic) bond motifs is 1. The average Bonchev–Trinajstić information content (AvgIpc) is 3.01. The number of nitrogens with one attached hydrogen (secondary N) is 1. The maximum absolute atomic E-state index is 13.6. The molecule has 0 spiro atoms. The highest BCUT2D eigenvalue weighted by molar-refractivity contribution is 7.22. The number of thiazole rings is 1. The van der Waals surface area contributed by atoms with Gasteiger partial charge in [0.2, 0.25) is 5.88 Å². The molecule has 0 bridgehead atoms. The molecular weight excluding hydrogens is 314 g/mol. The lowest BCUT2D eigenvalue weighted by atomic mass is 10.3. The molecule has 114 valence electrons. The summed E-state index contributed by atoms with van der Waals surface area (Å²) in [5, 5.41) is 6.66. The third-order valence-corrected chi connectivity index (χ3v) is 3.78. The Morgan fingerprint density at radius 3 is 2.91 bits per heavy atom. The minimum absolute atomic E-state index is 0.0138. The van der Waals surface area contributed by atoms with Crippen molar-refractivity contribution in [1.82, 2.24) is 14.8 Å². The number of hydrogen-bond donors (Lipinski definition) is 1. The van der Waals surface area contributed by atoms with Crippen molar-refractivity contribution >= 4 is 32.6 Å². The predicted molar refractivity (Wildman–Crippen MR) is 77.2 cm³/mol. The van der Waals surface area contributed by atoms with Crippen molar-refractivity contribution < 1.29 is 18.3 Å². The van der Waals surface area contributed by atoms with E-state index in [0.717, 1.165) is 23.5 Å². The molecule has 0 aliphatic heterocycles. The fraction of sp³-hybridized carbons (Fsp3) is 0.154. The summed E-state index contributed by atoms with van der Waals surface area (Å²) in [6.45, 7) is 0. The molecule has 0 unspecified atom stereocenters.